The number of aromatic nitrogens is 1. The van der Waals surface area contributed by atoms with Gasteiger partial charge < -0.3 is 14.7 Å². The topological polar surface area (TPSA) is 83.0 Å². The van der Waals surface area contributed by atoms with Crippen LogP contribution in [-0.2, 0) is 20.9 Å². The lowest BCUT2D eigenvalue weighted by Crippen LogP contribution is -2.38. The molecule has 3 fully saturated rings. The lowest BCUT2D eigenvalue weighted by Gasteiger charge is -2.26. The summed E-state index contributed by atoms with van der Waals surface area (Å²) in [6.07, 6.45) is -2.13. The van der Waals surface area contributed by atoms with E-state index >= 15 is 0 Å². The number of amides is 1. The Hall–Kier alpha value is -1.72. The Labute approximate surface area is 170 Å². The van der Waals surface area contributed by atoms with Gasteiger partial charge in [0.1, 0.15) is 0 Å². The van der Waals surface area contributed by atoms with Gasteiger partial charge in [-0.2, -0.15) is 13.2 Å². The number of fused-ring (bicyclic) bond motifs is 1. The largest absolute Gasteiger partial charge is 0.490 e. The fourth-order valence-electron chi connectivity index (χ4n) is 4.16. The van der Waals surface area contributed by atoms with Crippen LogP contribution in [0.4, 0.5) is 13.2 Å². The Bertz CT molecular complexity index is 736. The highest BCUT2D eigenvalue weighted by atomic mass is 32.1. The van der Waals surface area contributed by atoms with Crippen molar-refractivity contribution in [2.75, 3.05) is 26.3 Å². The zero-order valence-corrected chi connectivity index (χ0v) is 16.8. The van der Waals surface area contributed by atoms with Crippen LogP contribution in [-0.4, -0.2) is 76.3 Å². The van der Waals surface area contributed by atoms with Crippen molar-refractivity contribution in [2.24, 2.45) is 5.92 Å². The van der Waals surface area contributed by atoms with Crippen molar-refractivity contribution in [1.29, 1.82) is 0 Å². The van der Waals surface area contributed by atoms with Gasteiger partial charge in [0.25, 0.3) is 0 Å². The molecular formula is C18H24F3N3O4S. The predicted molar refractivity (Wildman–Crippen MR) is 98.4 cm³/mol. The number of halogens is 3. The van der Waals surface area contributed by atoms with E-state index in [9.17, 15) is 18.0 Å². The first-order valence-electron chi connectivity index (χ1n) is 9.47. The minimum atomic E-state index is -5.08. The molecular weight excluding hydrogens is 411 g/mol. The van der Waals surface area contributed by atoms with Crippen LogP contribution in [0.1, 0.15) is 30.0 Å². The van der Waals surface area contributed by atoms with Gasteiger partial charge in [-0.1, -0.05) is 0 Å². The fraction of sp³-hybridized carbons (Fsp3) is 0.722. The number of aliphatic carboxylic acids is 1. The van der Waals surface area contributed by atoms with Crippen molar-refractivity contribution in [1.82, 2.24) is 14.8 Å². The average Bonchev–Trinajstić information content (AvgIpc) is 3.39. The molecule has 0 spiro atoms. The van der Waals surface area contributed by atoms with Gasteiger partial charge in [-0.15, -0.1) is 11.3 Å². The third kappa shape index (κ3) is 5.46. The number of carbonyl (C=O) groups is 2. The second-order valence-electron chi connectivity index (χ2n) is 7.53. The van der Waals surface area contributed by atoms with Crippen LogP contribution in [0, 0.1) is 12.8 Å². The van der Waals surface area contributed by atoms with E-state index in [1.54, 1.807) is 11.3 Å². The van der Waals surface area contributed by atoms with Crippen molar-refractivity contribution in [3.63, 3.8) is 0 Å². The zero-order valence-electron chi connectivity index (χ0n) is 16.0. The summed E-state index contributed by atoms with van der Waals surface area (Å²) in [5.41, 5.74) is 1.04. The molecule has 11 heteroatoms. The lowest BCUT2D eigenvalue weighted by molar-refractivity contribution is -0.192. The van der Waals surface area contributed by atoms with E-state index < -0.39 is 12.1 Å². The Kier molecular flexibility index (Phi) is 6.79. The normalized spacial score (nSPS) is 27.1. The first-order chi connectivity index (χ1) is 13.6. The Morgan fingerprint density at radius 1 is 1.38 bits per heavy atom. The van der Waals surface area contributed by atoms with Gasteiger partial charge >= 0.3 is 12.1 Å². The average molecular weight is 435 g/mol. The molecule has 7 nitrogen and oxygen atoms in total. The van der Waals surface area contributed by atoms with Crippen LogP contribution in [0.3, 0.4) is 0 Å². The lowest BCUT2D eigenvalue weighted by atomic mass is 10.1. The molecule has 4 heterocycles. The summed E-state index contributed by atoms with van der Waals surface area (Å²) in [7, 11) is 0. The Morgan fingerprint density at radius 3 is 2.66 bits per heavy atom. The van der Waals surface area contributed by atoms with Crippen LogP contribution in [0.5, 0.6) is 0 Å². The molecule has 3 aliphatic heterocycles. The Morgan fingerprint density at radius 2 is 2.10 bits per heavy atom. The number of carboxylic acids is 1. The van der Waals surface area contributed by atoms with Gasteiger partial charge in [-0.25, -0.2) is 9.78 Å². The molecule has 3 aliphatic rings. The number of carboxylic acid groups (broad SMARTS) is 1. The highest BCUT2D eigenvalue weighted by Gasteiger charge is 2.47. The second-order valence-corrected chi connectivity index (χ2v) is 8.60. The van der Waals surface area contributed by atoms with Crippen LogP contribution in [0.15, 0.2) is 5.38 Å². The molecule has 1 unspecified atom stereocenters. The van der Waals surface area contributed by atoms with Crippen LogP contribution < -0.4 is 0 Å². The summed E-state index contributed by atoms with van der Waals surface area (Å²) < 4.78 is 37.2. The Balaban J connectivity index is 0.000000298. The highest BCUT2D eigenvalue weighted by Crippen LogP contribution is 2.34. The van der Waals surface area contributed by atoms with Crippen molar-refractivity contribution in [2.45, 2.75) is 51.0 Å². The molecule has 0 bridgehead atoms. The van der Waals surface area contributed by atoms with Gasteiger partial charge in [-0.05, 0) is 25.7 Å². The number of likely N-dealkylation sites (tertiary alicyclic amines) is 2. The van der Waals surface area contributed by atoms with Crippen molar-refractivity contribution in [3.8, 4) is 0 Å². The molecule has 1 amide bonds. The molecule has 1 aromatic heterocycles. The molecule has 3 saturated heterocycles. The number of nitrogens with zero attached hydrogens (tertiary/aromatic N) is 3. The number of carbonyl (C=O) groups excluding carboxylic acids is 1. The fourth-order valence-corrected chi connectivity index (χ4v) is 4.76. The van der Waals surface area contributed by atoms with E-state index in [0.29, 0.717) is 36.9 Å². The van der Waals surface area contributed by atoms with E-state index in [-0.39, 0.29) is 0 Å². The third-order valence-corrected chi connectivity index (χ3v) is 6.31. The monoisotopic (exact) mass is 435 g/mol. The summed E-state index contributed by atoms with van der Waals surface area (Å²) in [4.78, 5) is 30.5. The predicted octanol–water partition coefficient (Wildman–Crippen LogP) is 2.30. The molecule has 3 atom stereocenters. The maximum Gasteiger partial charge on any atom is 0.490 e. The summed E-state index contributed by atoms with van der Waals surface area (Å²) in [6.45, 7) is 6.71. The number of alkyl halides is 3. The molecule has 29 heavy (non-hydrogen) atoms. The van der Waals surface area contributed by atoms with E-state index in [4.69, 9.17) is 14.6 Å². The molecule has 162 valence electrons. The molecule has 1 N–H and O–H groups in total. The van der Waals surface area contributed by atoms with Crippen molar-refractivity contribution >= 4 is 23.2 Å². The standard InChI is InChI=1S/C16H23N3O2S.C2HF3O2/c1-11-17-13(10-22-11)8-19-14-2-4-18(15(14)6-16(19)20)7-12-3-5-21-9-12;3-2(4,5)1(6)7/h10,12,14-15H,2-9H2,1H3;(H,6,7)/t12?,14-,15+;/m1./s1. The van der Waals surface area contributed by atoms with E-state index in [1.165, 1.54) is 6.42 Å². The maximum absolute atomic E-state index is 12.4. The molecule has 0 radical (unpaired) electrons. The van der Waals surface area contributed by atoms with Crippen LogP contribution in [0.25, 0.3) is 0 Å². The highest BCUT2D eigenvalue weighted by molar-refractivity contribution is 7.09. The van der Waals surface area contributed by atoms with Crippen molar-refractivity contribution < 1.29 is 32.6 Å². The van der Waals surface area contributed by atoms with Gasteiger partial charge in [0, 0.05) is 43.6 Å². The van der Waals surface area contributed by atoms with Crippen molar-refractivity contribution in [3.05, 3.63) is 16.1 Å². The first-order valence-corrected chi connectivity index (χ1v) is 10.4. The number of ether oxygens (including phenoxy) is 1. The van der Waals surface area contributed by atoms with E-state index in [0.717, 1.165) is 43.4 Å². The minimum Gasteiger partial charge on any atom is -0.475 e. The number of hydrogen-bond donors (Lipinski definition) is 1. The summed E-state index contributed by atoms with van der Waals surface area (Å²) >= 11 is 1.66. The number of hydrogen-bond acceptors (Lipinski definition) is 6. The number of aryl methyl sites for hydroxylation is 1. The van der Waals surface area contributed by atoms with Gasteiger partial charge in [0.15, 0.2) is 0 Å². The van der Waals surface area contributed by atoms with Gasteiger partial charge in [0.2, 0.25) is 5.91 Å². The second kappa shape index (κ2) is 8.97. The van der Waals surface area contributed by atoms with Crippen LogP contribution in [0.2, 0.25) is 0 Å². The molecule has 1 aromatic rings. The minimum absolute atomic E-state index is 0.299. The molecule has 4 rings (SSSR count). The SMILES string of the molecule is Cc1nc(CN2C(=O)C[C@H]3[C@H]2CCN3CC2CCOC2)cs1.O=C(O)C(F)(F)F. The quantitative estimate of drug-likeness (QED) is 0.782. The van der Waals surface area contributed by atoms with Crippen LogP contribution >= 0.6 is 11.3 Å². The smallest absolute Gasteiger partial charge is 0.475 e. The number of rotatable bonds is 4. The van der Waals surface area contributed by atoms with Gasteiger partial charge in [0.05, 0.1) is 23.9 Å². The summed E-state index contributed by atoms with van der Waals surface area (Å²) in [5.74, 6) is -1.80. The summed E-state index contributed by atoms with van der Waals surface area (Å²) in [6, 6.07) is 0.796. The van der Waals surface area contributed by atoms with E-state index in [1.807, 2.05) is 6.92 Å². The third-order valence-electron chi connectivity index (χ3n) is 5.49. The zero-order chi connectivity index (χ0) is 21.2. The summed E-state index contributed by atoms with van der Waals surface area (Å²) in [5, 5.41) is 10.3. The molecule has 0 aliphatic carbocycles. The first kappa shape index (κ1) is 22.0. The molecule has 0 aromatic carbocycles. The van der Waals surface area contributed by atoms with Gasteiger partial charge in [-0.3, -0.25) is 9.69 Å². The number of thiazole rings is 1. The van der Waals surface area contributed by atoms with E-state index in [2.05, 4.69) is 20.2 Å². The maximum atomic E-state index is 12.4. The molecule has 0 saturated carbocycles.